The standard InChI is InChI=1S/C17H13BrN2O5/c1-23-13-5-3-2-4-11(13)16-19-17(25-20-16)12-8-10(18)6-7-14(12)24-9-15(21)22/h2-8H,9H2,1H3,(H,21,22). The van der Waals surface area contributed by atoms with Gasteiger partial charge in [-0.2, -0.15) is 4.98 Å². The van der Waals surface area contributed by atoms with E-state index in [1.807, 2.05) is 18.2 Å². The minimum absolute atomic E-state index is 0.211. The van der Waals surface area contributed by atoms with Crippen molar-refractivity contribution in [2.75, 3.05) is 13.7 Å². The van der Waals surface area contributed by atoms with Crippen LogP contribution in [-0.4, -0.2) is 34.9 Å². The first-order valence-electron chi connectivity index (χ1n) is 7.20. The Bertz CT molecular complexity index is 910. The fourth-order valence-corrected chi connectivity index (χ4v) is 2.57. The molecule has 0 saturated carbocycles. The molecule has 1 N–H and O–H groups in total. The molecule has 7 nitrogen and oxygen atoms in total. The zero-order valence-electron chi connectivity index (χ0n) is 13.1. The van der Waals surface area contributed by atoms with Crippen LogP contribution in [-0.2, 0) is 4.79 Å². The summed E-state index contributed by atoms with van der Waals surface area (Å²) in [6.07, 6.45) is 0. The van der Waals surface area contributed by atoms with Crippen molar-refractivity contribution in [3.8, 4) is 34.3 Å². The predicted molar refractivity (Wildman–Crippen MR) is 92.6 cm³/mol. The molecule has 0 saturated heterocycles. The number of carboxylic acids is 1. The predicted octanol–water partition coefficient (Wildman–Crippen LogP) is 3.64. The first-order chi connectivity index (χ1) is 12.1. The maximum atomic E-state index is 10.7. The van der Waals surface area contributed by atoms with Gasteiger partial charge in [0.05, 0.1) is 18.2 Å². The van der Waals surface area contributed by atoms with E-state index in [-0.39, 0.29) is 5.89 Å². The highest BCUT2D eigenvalue weighted by Gasteiger charge is 2.18. The third-order valence-corrected chi connectivity index (χ3v) is 3.79. The summed E-state index contributed by atoms with van der Waals surface area (Å²) < 4.78 is 16.7. The Morgan fingerprint density at radius 3 is 2.76 bits per heavy atom. The molecule has 3 rings (SSSR count). The molecular formula is C17H13BrN2O5. The highest BCUT2D eigenvalue weighted by atomic mass is 79.9. The van der Waals surface area contributed by atoms with Gasteiger partial charge in [0.25, 0.3) is 5.89 Å². The molecular weight excluding hydrogens is 392 g/mol. The van der Waals surface area contributed by atoms with E-state index in [1.54, 1.807) is 31.4 Å². The highest BCUT2D eigenvalue weighted by molar-refractivity contribution is 9.10. The van der Waals surface area contributed by atoms with Crippen LogP contribution in [0, 0.1) is 0 Å². The van der Waals surface area contributed by atoms with Crippen LogP contribution in [0.4, 0.5) is 0 Å². The first kappa shape index (κ1) is 17.0. The Morgan fingerprint density at radius 2 is 2.00 bits per heavy atom. The van der Waals surface area contributed by atoms with Crippen molar-refractivity contribution in [1.82, 2.24) is 10.1 Å². The summed E-state index contributed by atoms with van der Waals surface area (Å²) in [5.41, 5.74) is 1.17. The monoisotopic (exact) mass is 404 g/mol. The number of methoxy groups -OCH3 is 1. The van der Waals surface area contributed by atoms with Crippen LogP contribution in [0.5, 0.6) is 11.5 Å². The number of nitrogens with zero attached hydrogens (tertiary/aromatic N) is 2. The van der Waals surface area contributed by atoms with Gasteiger partial charge in [0.1, 0.15) is 11.5 Å². The lowest BCUT2D eigenvalue weighted by Crippen LogP contribution is -2.10. The van der Waals surface area contributed by atoms with Crippen molar-refractivity contribution in [3.63, 3.8) is 0 Å². The molecule has 0 atom stereocenters. The number of aromatic nitrogens is 2. The van der Waals surface area contributed by atoms with Crippen LogP contribution in [0.1, 0.15) is 0 Å². The smallest absolute Gasteiger partial charge is 0.341 e. The van der Waals surface area contributed by atoms with Gasteiger partial charge in [-0.1, -0.05) is 33.2 Å². The van der Waals surface area contributed by atoms with Gasteiger partial charge in [-0.25, -0.2) is 4.79 Å². The molecule has 1 aromatic heterocycles. The molecule has 8 heteroatoms. The third-order valence-electron chi connectivity index (χ3n) is 3.30. The molecule has 2 aromatic carbocycles. The summed E-state index contributed by atoms with van der Waals surface area (Å²) in [6, 6.07) is 12.4. The lowest BCUT2D eigenvalue weighted by atomic mass is 10.2. The van der Waals surface area contributed by atoms with E-state index in [9.17, 15) is 4.79 Å². The van der Waals surface area contributed by atoms with E-state index in [1.165, 1.54) is 0 Å². The number of carbonyl (C=O) groups is 1. The summed E-state index contributed by atoms with van der Waals surface area (Å²) in [5.74, 6) is 0.445. The Morgan fingerprint density at radius 1 is 1.20 bits per heavy atom. The lowest BCUT2D eigenvalue weighted by Gasteiger charge is -2.07. The topological polar surface area (TPSA) is 94.7 Å². The van der Waals surface area contributed by atoms with Gasteiger partial charge in [0.15, 0.2) is 6.61 Å². The molecule has 0 amide bonds. The van der Waals surface area contributed by atoms with Crippen molar-refractivity contribution in [2.45, 2.75) is 0 Å². The SMILES string of the molecule is COc1ccccc1-c1noc(-c2cc(Br)ccc2OCC(=O)O)n1. The van der Waals surface area contributed by atoms with Gasteiger partial charge < -0.3 is 19.1 Å². The summed E-state index contributed by atoms with van der Waals surface area (Å²) >= 11 is 3.37. The van der Waals surface area contributed by atoms with Crippen LogP contribution >= 0.6 is 15.9 Å². The number of halogens is 1. The number of ether oxygens (including phenoxy) is 2. The van der Waals surface area contributed by atoms with E-state index >= 15 is 0 Å². The van der Waals surface area contributed by atoms with Crippen LogP contribution < -0.4 is 9.47 Å². The van der Waals surface area contributed by atoms with Crippen LogP contribution in [0.25, 0.3) is 22.8 Å². The van der Waals surface area contributed by atoms with Crippen molar-refractivity contribution in [3.05, 3.63) is 46.9 Å². The van der Waals surface area contributed by atoms with Crippen LogP contribution in [0.15, 0.2) is 51.5 Å². The maximum Gasteiger partial charge on any atom is 0.341 e. The van der Waals surface area contributed by atoms with Gasteiger partial charge in [0, 0.05) is 4.47 Å². The molecule has 0 aliphatic carbocycles. The van der Waals surface area contributed by atoms with Crippen molar-refractivity contribution in [1.29, 1.82) is 0 Å². The molecule has 0 aliphatic rings. The number of aliphatic carboxylic acids is 1. The molecule has 0 spiro atoms. The Kier molecular flexibility index (Phi) is 4.99. The fourth-order valence-electron chi connectivity index (χ4n) is 2.21. The second-order valence-corrected chi connectivity index (χ2v) is 5.86. The zero-order chi connectivity index (χ0) is 17.8. The number of para-hydroxylation sites is 1. The third kappa shape index (κ3) is 3.80. The summed E-state index contributed by atoms with van der Waals surface area (Å²) in [6.45, 7) is -0.470. The van der Waals surface area contributed by atoms with Gasteiger partial charge in [-0.05, 0) is 30.3 Å². The number of rotatable bonds is 6. The second-order valence-electron chi connectivity index (χ2n) is 4.95. The molecule has 128 valence electrons. The molecule has 0 radical (unpaired) electrons. The van der Waals surface area contributed by atoms with E-state index in [4.69, 9.17) is 19.1 Å². The molecule has 0 fully saturated rings. The molecule has 25 heavy (non-hydrogen) atoms. The fraction of sp³-hybridized carbons (Fsp3) is 0.118. The van der Waals surface area contributed by atoms with Crippen molar-refractivity contribution < 1.29 is 23.9 Å². The normalized spacial score (nSPS) is 10.5. The average Bonchev–Trinajstić information content (AvgIpc) is 3.10. The lowest BCUT2D eigenvalue weighted by molar-refractivity contribution is -0.139. The number of hydrogen-bond acceptors (Lipinski definition) is 6. The van der Waals surface area contributed by atoms with Gasteiger partial charge >= 0.3 is 5.97 Å². The summed E-state index contributed by atoms with van der Waals surface area (Å²) in [4.78, 5) is 15.1. The Labute approximate surface area is 151 Å². The van der Waals surface area contributed by atoms with Crippen molar-refractivity contribution in [2.24, 2.45) is 0 Å². The molecule has 0 bridgehead atoms. The van der Waals surface area contributed by atoms with Gasteiger partial charge in [-0.15, -0.1) is 0 Å². The van der Waals surface area contributed by atoms with E-state index in [0.29, 0.717) is 28.5 Å². The van der Waals surface area contributed by atoms with E-state index in [0.717, 1.165) is 4.47 Å². The van der Waals surface area contributed by atoms with Gasteiger partial charge in [0.2, 0.25) is 5.82 Å². The first-order valence-corrected chi connectivity index (χ1v) is 7.99. The summed E-state index contributed by atoms with van der Waals surface area (Å²) in [7, 11) is 1.56. The van der Waals surface area contributed by atoms with Crippen molar-refractivity contribution >= 4 is 21.9 Å². The average molecular weight is 405 g/mol. The number of benzene rings is 2. The second kappa shape index (κ2) is 7.35. The Balaban J connectivity index is 1.99. The van der Waals surface area contributed by atoms with Crippen LogP contribution in [0.2, 0.25) is 0 Å². The quantitative estimate of drug-likeness (QED) is 0.669. The Hall–Kier alpha value is -2.87. The molecule has 0 unspecified atom stereocenters. The molecule has 1 heterocycles. The molecule has 0 aliphatic heterocycles. The largest absolute Gasteiger partial charge is 0.496 e. The van der Waals surface area contributed by atoms with E-state index < -0.39 is 12.6 Å². The number of hydrogen-bond donors (Lipinski definition) is 1. The zero-order valence-corrected chi connectivity index (χ0v) is 14.7. The summed E-state index contributed by atoms with van der Waals surface area (Å²) in [5, 5.41) is 12.8. The van der Waals surface area contributed by atoms with Gasteiger partial charge in [-0.3, -0.25) is 0 Å². The number of carboxylic acid groups (broad SMARTS) is 1. The minimum Gasteiger partial charge on any atom is -0.496 e. The maximum absolute atomic E-state index is 10.7. The highest BCUT2D eigenvalue weighted by Crippen LogP contribution is 2.34. The van der Waals surface area contributed by atoms with E-state index in [2.05, 4.69) is 26.1 Å². The molecule has 3 aromatic rings. The van der Waals surface area contributed by atoms with Crippen LogP contribution in [0.3, 0.4) is 0 Å². The minimum atomic E-state index is -1.07.